The molecule has 4 nitrogen and oxygen atoms in total. The van der Waals surface area contributed by atoms with Crippen molar-refractivity contribution in [3.8, 4) is 0 Å². The SMILES string of the molecule is COC(C)(C)CC(=O)Nc1ccc(Br)cn1. The summed E-state index contributed by atoms with van der Waals surface area (Å²) < 4.78 is 6.05. The number of ether oxygens (including phenoxy) is 1. The number of nitrogens with zero attached hydrogens (tertiary/aromatic N) is 1. The standard InChI is InChI=1S/C11H15BrN2O2/c1-11(2,16-3)6-10(15)14-9-5-4-8(12)7-13-9/h4-5,7H,6H2,1-3H3,(H,13,14,15). The van der Waals surface area contributed by atoms with Gasteiger partial charge in [-0.15, -0.1) is 0 Å². The van der Waals surface area contributed by atoms with E-state index in [0.29, 0.717) is 12.2 Å². The number of carbonyl (C=O) groups excluding carboxylic acids is 1. The second kappa shape index (κ2) is 5.41. The molecule has 1 aromatic rings. The maximum atomic E-state index is 11.6. The van der Waals surface area contributed by atoms with Crippen LogP contribution in [0.1, 0.15) is 20.3 Å². The van der Waals surface area contributed by atoms with Crippen molar-refractivity contribution in [2.75, 3.05) is 12.4 Å². The minimum atomic E-state index is -0.459. The molecule has 0 radical (unpaired) electrons. The third kappa shape index (κ3) is 4.28. The summed E-state index contributed by atoms with van der Waals surface area (Å²) in [7, 11) is 1.59. The van der Waals surface area contributed by atoms with Crippen LogP contribution in [-0.2, 0) is 9.53 Å². The molecular formula is C11H15BrN2O2. The van der Waals surface area contributed by atoms with Crippen LogP contribution >= 0.6 is 15.9 Å². The number of anilines is 1. The number of halogens is 1. The number of methoxy groups -OCH3 is 1. The molecule has 0 fully saturated rings. The van der Waals surface area contributed by atoms with Crippen LogP contribution in [-0.4, -0.2) is 23.6 Å². The van der Waals surface area contributed by atoms with Crippen LogP contribution in [0.15, 0.2) is 22.8 Å². The smallest absolute Gasteiger partial charge is 0.228 e. The zero-order valence-electron chi connectivity index (χ0n) is 9.58. The monoisotopic (exact) mass is 286 g/mol. The van der Waals surface area contributed by atoms with Crippen LogP contribution in [0.4, 0.5) is 5.82 Å². The molecule has 0 atom stereocenters. The Kier molecular flexibility index (Phi) is 4.44. The van der Waals surface area contributed by atoms with Gasteiger partial charge in [0.1, 0.15) is 5.82 Å². The van der Waals surface area contributed by atoms with Crippen LogP contribution in [0.25, 0.3) is 0 Å². The van der Waals surface area contributed by atoms with Gasteiger partial charge in [-0.05, 0) is 41.9 Å². The van der Waals surface area contributed by atoms with E-state index in [4.69, 9.17) is 4.74 Å². The largest absolute Gasteiger partial charge is 0.378 e. The Labute approximate surface area is 104 Å². The molecule has 0 spiro atoms. The molecule has 0 aliphatic rings. The molecule has 0 aliphatic heterocycles. The lowest BCUT2D eigenvalue weighted by molar-refractivity contribution is -0.121. The highest BCUT2D eigenvalue weighted by molar-refractivity contribution is 9.10. The van der Waals surface area contributed by atoms with Gasteiger partial charge in [0.25, 0.3) is 0 Å². The van der Waals surface area contributed by atoms with E-state index in [0.717, 1.165) is 4.47 Å². The molecule has 0 aliphatic carbocycles. The van der Waals surface area contributed by atoms with Crippen LogP contribution in [0, 0.1) is 0 Å². The van der Waals surface area contributed by atoms with Gasteiger partial charge in [0.05, 0.1) is 12.0 Å². The number of hydrogen-bond acceptors (Lipinski definition) is 3. The van der Waals surface area contributed by atoms with Crippen LogP contribution < -0.4 is 5.32 Å². The van der Waals surface area contributed by atoms with Gasteiger partial charge < -0.3 is 10.1 Å². The summed E-state index contributed by atoms with van der Waals surface area (Å²) in [6.45, 7) is 3.73. The predicted molar refractivity (Wildman–Crippen MR) is 66.3 cm³/mol. The Morgan fingerprint density at radius 3 is 2.75 bits per heavy atom. The van der Waals surface area contributed by atoms with E-state index in [1.54, 1.807) is 19.4 Å². The maximum absolute atomic E-state index is 11.6. The van der Waals surface area contributed by atoms with E-state index >= 15 is 0 Å². The van der Waals surface area contributed by atoms with Crippen molar-refractivity contribution in [2.24, 2.45) is 0 Å². The highest BCUT2D eigenvalue weighted by Crippen LogP contribution is 2.15. The van der Waals surface area contributed by atoms with E-state index in [2.05, 4.69) is 26.2 Å². The van der Waals surface area contributed by atoms with Crippen LogP contribution in [0.5, 0.6) is 0 Å². The first-order valence-corrected chi connectivity index (χ1v) is 5.69. The fourth-order valence-electron chi connectivity index (χ4n) is 1.10. The number of nitrogens with one attached hydrogen (secondary N) is 1. The van der Waals surface area contributed by atoms with Crippen molar-refractivity contribution in [1.29, 1.82) is 0 Å². The third-order valence-electron chi connectivity index (χ3n) is 2.13. The quantitative estimate of drug-likeness (QED) is 0.926. The van der Waals surface area contributed by atoms with Crippen LogP contribution in [0.3, 0.4) is 0 Å². The zero-order chi connectivity index (χ0) is 12.2. The average molecular weight is 287 g/mol. The summed E-state index contributed by atoms with van der Waals surface area (Å²) in [6, 6.07) is 3.56. The molecular weight excluding hydrogens is 272 g/mol. The summed E-state index contributed by atoms with van der Waals surface area (Å²) in [5.74, 6) is 0.432. The summed E-state index contributed by atoms with van der Waals surface area (Å²) in [4.78, 5) is 15.7. The topological polar surface area (TPSA) is 51.2 Å². The van der Waals surface area contributed by atoms with Gasteiger partial charge in [0.15, 0.2) is 0 Å². The molecule has 88 valence electrons. The lowest BCUT2D eigenvalue weighted by atomic mass is 10.1. The minimum absolute atomic E-state index is 0.110. The van der Waals surface area contributed by atoms with E-state index in [1.807, 2.05) is 19.9 Å². The van der Waals surface area contributed by atoms with Gasteiger partial charge >= 0.3 is 0 Å². The van der Waals surface area contributed by atoms with E-state index in [9.17, 15) is 4.79 Å². The van der Waals surface area contributed by atoms with E-state index < -0.39 is 5.60 Å². The molecule has 1 heterocycles. The first kappa shape index (κ1) is 13.1. The van der Waals surface area contributed by atoms with E-state index in [1.165, 1.54) is 0 Å². The van der Waals surface area contributed by atoms with Crippen molar-refractivity contribution in [3.05, 3.63) is 22.8 Å². The molecule has 0 bridgehead atoms. The Morgan fingerprint density at radius 1 is 1.56 bits per heavy atom. The lowest BCUT2D eigenvalue weighted by Gasteiger charge is -2.21. The highest BCUT2D eigenvalue weighted by Gasteiger charge is 2.21. The van der Waals surface area contributed by atoms with Gasteiger partial charge in [-0.1, -0.05) is 0 Å². The first-order chi connectivity index (χ1) is 7.43. The Morgan fingerprint density at radius 2 is 2.25 bits per heavy atom. The second-order valence-electron chi connectivity index (χ2n) is 4.05. The fourth-order valence-corrected chi connectivity index (χ4v) is 1.33. The van der Waals surface area contributed by atoms with Crippen LogP contribution in [0.2, 0.25) is 0 Å². The third-order valence-corrected chi connectivity index (χ3v) is 2.60. The van der Waals surface area contributed by atoms with Crippen molar-refractivity contribution in [1.82, 2.24) is 4.98 Å². The lowest BCUT2D eigenvalue weighted by Crippen LogP contribution is -2.29. The molecule has 0 unspecified atom stereocenters. The van der Waals surface area contributed by atoms with Crippen molar-refractivity contribution < 1.29 is 9.53 Å². The number of amides is 1. The van der Waals surface area contributed by atoms with Gasteiger partial charge in [-0.3, -0.25) is 4.79 Å². The van der Waals surface area contributed by atoms with Gasteiger partial charge in [-0.2, -0.15) is 0 Å². The first-order valence-electron chi connectivity index (χ1n) is 4.89. The van der Waals surface area contributed by atoms with E-state index in [-0.39, 0.29) is 5.91 Å². The molecule has 5 heteroatoms. The Balaban J connectivity index is 2.55. The number of rotatable bonds is 4. The number of aromatic nitrogens is 1. The number of hydrogen-bond donors (Lipinski definition) is 1. The minimum Gasteiger partial charge on any atom is -0.378 e. The Hall–Kier alpha value is -0.940. The number of carbonyl (C=O) groups is 1. The maximum Gasteiger partial charge on any atom is 0.228 e. The molecule has 0 saturated carbocycles. The molecule has 1 amide bonds. The molecule has 1 N–H and O–H groups in total. The predicted octanol–water partition coefficient (Wildman–Crippen LogP) is 2.60. The average Bonchev–Trinajstić information content (AvgIpc) is 2.21. The Bertz CT molecular complexity index is 363. The zero-order valence-corrected chi connectivity index (χ0v) is 11.2. The van der Waals surface area contributed by atoms with Gasteiger partial charge in [0, 0.05) is 17.8 Å². The summed E-state index contributed by atoms with van der Waals surface area (Å²) >= 11 is 3.28. The van der Waals surface area contributed by atoms with Crippen molar-refractivity contribution >= 4 is 27.7 Å². The molecule has 0 aromatic carbocycles. The second-order valence-corrected chi connectivity index (χ2v) is 4.97. The van der Waals surface area contributed by atoms with Gasteiger partial charge in [0.2, 0.25) is 5.91 Å². The van der Waals surface area contributed by atoms with Gasteiger partial charge in [-0.25, -0.2) is 4.98 Å². The summed E-state index contributed by atoms with van der Waals surface area (Å²) in [5.41, 5.74) is -0.459. The normalized spacial score (nSPS) is 11.2. The number of pyridine rings is 1. The summed E-state index contributed by atoms with van der Waals surface area (Å²) in [5, 5.41) is 2.71. The highest BCUT2D eigenvalue weighted by atomic mass is 79.9. The molecule has 1 aromatic heterocycles. The van der Waals surface area contributed by atoms with Crippen molar-refractivity contribution in [2.45, 2.75) is 25.9 Å². The molecule has 16 heavy (non-hydrogen) atoms. The molecule has 1 rings (SSSR count). The fraction of sp³-hybridized carbons (Fsp3) is 0.455. The molecule has 0 saturated heterocycles. The summed E-state index contributed by atoms with van der Waals surface area (Å²) in [6.07, 6.45) is 1.93. The van der Waals surface area contributed by atoms with Crippen molar-refractivity contribution in [3.63, 3.8) is 0 Å².